The van der Waals surface area contributed by atoms with Crippen LogP contribution in [0.5, 0.6) is 0 Å². The van der Waals surface area contributed by atoms with Crippen LogP contribution in [0.3, 0.4) is 0 Å². The summed E-state index contributed by atoms with van der Waals surface area (Å²) in [6, 6.07) is 10.3. The Labute approximate surface area is 159 Å². The molecule has 2 heterocycles. The normalized spacial score (nSPS) is 13.6. The SMILES string of the molecule is O=C(NC1CC1)c1nc(C(=O)Nc2ccc(Cl)cc2Cl)n2ccccc12. The number of benzene rings is 1. The van der Waals surface area contributed by atoms with Crippen LogP contribution >= 0.6 is 23.2 Å². The van der Waals surface area contributed by atoms with Crippen LogP contribution in [0, 0.1) is 0 Å². The molecule has 0 spiro atoms. The van der Waals surface area contributed by atoms with Gasteiger partial charge in [-0.2, -0.15) is 0 Å². The van der Waals surface area contributed by atoms with E-state index in [0.717, 1.165) is 12.8 Å². The fourth-order valence-electron chi connectivity index (χ4n) is 2.62. The van der Waals surface area contributed by atoms with Crippen molar-refractivity contribution >= 4 is 46.2 Å². The predicted molar refractivity (Wildman–Crippen MR) is 100 cm³/mol. The molecule has 4 rings (SSSR count). The Kier molecular flexibility index (Phi) is 4.30. The lowest BCUT2D eigenvalue weighted by molar-refractivity contribution is 0.0948. The van der Waals surface area contributed by atoms with Gasteiger partial charge in [-0.05, 0) is 43.2 Å². The average Bonchev–Trinajstić information content (AvgIpc) is 3.34. The molecule has 0 unspecified atom stereocenters. The molecule has 3 aromatic rings. The first-order chi connectivity index (χ1) is 12.5. The molecule has 0 atom stereocenters. The van der Waals surface area contributed by atoms with Crippen molar-refractivity contribution in [2.75, 3.05) is 5.32 Å². The summed E-state index contributed by atoms with van der Waals surface area (Å²) in [4.78, 5) is 29.4. The highest BCUT2D eigenvalue weighted by Crippen LogP contribution is 2.26. The third-order valence-corrected chi connectivity index (χ3v) is 4.61. The number of imidazole rings is 1. The van der Waals surface area contributed by atoms with Gasteiger partial charge in [0, 0.05) is 17.3 Å². The molecule has 2 amide bonds. The second-order valence-corrected chi connectivity index (χ2v) is 6.91. The first-order valence-electron chi connectivity index (χ1n) is 8.07. The number of nitrogens with zero attached hydrogens (tertiary/aromatic N) is 2. The van der Waals surface area contributed by atoms with Crippen LogP contribution in [0.25, 0.3) is 5.52 Å². The molecule has 1 aromatic carbocycles. The Morgan fingerprint density at radius 3 is 2.65 bits per heavy atom. The summed E-state index contributed by atoms with van der Waals surface area (Å²) in [5.41, 5.74) is 1.21. The van der Waals surface area contributed by atoms with Crippen LogP contribution in [0.4, 0.5) is 5.69 Å². The molecule has 0 radical (unpaired) electrons. The molecule has 1 saturated carbocycles. The summed E-state index contributed by atoms with van der Waals surface area (Å²) < 4.78 is 1.58. The maximum Gasteiger partial charge on any atom is 0.292 e. The van der Waals surface area contributed by atoms with E-state index in [0.29, 0.717) is 21.2 Å². The Bertz CT molecular complexity index is 1030. The summed E-state index contributed by atoms with van der Waals surface area (Å²) in [5.74, 6) is -0.645. The lowest BCUT2D eigenvalue weighted by Gasteiger charge is -2.06. The van der Waals surface area contributed by atoms with Gasteiger partial charge >= 0.3 is 0 Å². The number of hydrogen-bond donors (Lipinski definition) is 2. The van der Waals surface area contributed by atoms with Gasteiger partial charge in [0.25, 0.3) is 11.8 Å². The van der Waals surface area contributed by atoms with Gasteiger partial charge in [-0.1, -0.05) is 29.3 Å². The van der Waals surface area contributed by atoms with Gasteiger partial charge < -0.3 is 10.6 Å². The number of pyridine rings is 1. The maximum atomic E-state index is 12.7. The molecular weight excluding hydrogens is 375 g/mol. The molecule has 1 aliphatic rings. The minimum Gasteiger partial charge on any atom is -0.348 e. The van der Waals surface area contributed by atoms with E-state index in [2.05, 4.69) is 15.6 Å². The van der Waals surface area contributed by atoms with Gasteiger partial charge in [0.05, 0.1) is 16.2 Å². The van der Waals surface area contributed by atoms with E-state index in [1.807, 2.05) is 0 Å². The van der Waals surface area contributed by atoms with Gasteiger partial charge in [-0.25, -0.2) is 4.98 Å². The van der Waals surface area contributed by atoms with Crippen molar-refractivity contribution in [3.63, 3.8) is 0 Å². The second-order valence-electron chi connectivity index (χ2n) is 6.07. The monoisotopic (exact) mass is 388 g/mol. The Morgan fingerprint density at radius 1 is 1.12 bits per heavy atom. The quantitative estimate of drug-likeness (QED) is 0.713. The van der Waals surface area contributed by atoms with E-state index >= 15 is 0 Å². The van der Waals surface area contributed by atoms with Crippen molar-refractivity contribution in [1.29, 1.82) is 0 Å². The minimum absolute atomic E-state index is 0.104. The van der Waals surface area contributed by atoms with Gasteiger partial charge in [0.2, 0.25) is 5.82 Å². The molecular formula is C18H14Cl2N4O2. The average molecular weight is 389 g/mol. The number of carbonyl (C=O) groups excluding carboxylic acids is 2. The third kappa shape index (κ3) is 3.25. The zero-order valence-electron chi connectivity index (χ0n) is 13.5. The summed E-state index contributed by atoms with van der Waals surface area (Å²) in [6.45, 7) is 0. The largest absolute Gasteiger partial charge is 0.348 e. The van der Waals surface area contributed by atoms with Gasteiger partial charge in [-0.15, -0.1) is 0 Å². The molecule has 2 aromatic heterocycles. The molecule has 0 bridgehead atoms. The minimum atomic E-state index is -0.471. The Hall–Kier alpha value is -2.57. The number of rotatable bonds is 4. The number of hydrogen-bond acceptors (Lipinski definition) is 3. The van der Waals surface area contributed by atoms with Crippen molar-refractivity contribution in [3.8, 4) is 0 Å². The second kappa shape index (κ2) is 6.63. The van der Waals surface area contributed by atoms with Crippen LogP contribution in [0.15, 0.2) is 42.6 Å². The van der Waals surface area contributed by atoms with Crippen LogP contribution in [0.1, 0.15) is 33.9 Å². The van der Waals surface area contributed by atoms with E-state index in [1.54, 1.807) is 40.9 Å². The third-order valence-electron chi connectivity index (χ3n) is 4.06. The van der Waals surface area contributed by atoms with Crippen LogP contribution < -0.4 is 10.6 Å². The number of anilines is 1. The number of carbonyl (C=O) groups is 2. The lowest BCUT2D eigenvalue weighted by atomic mass is 10.3. The Morgan fingerprint density at radius 2 is 1.92 bits per heavy atom. The summed E-state index contributed by atoms with van der Waals surface area (Å²) in [7, 11) is 0. The van der Waals surface area contributed by atoms with Crippen molar-refractivity contribution in [2.45, 2.75) is 18.9 Å². The summed E-state index contributed by atoms with van der Waals surface area (Å²) in [5, 5.41) is 6.39. The summed E-state index contributed by atoms with van der Waals surface area (Å²) in [6.07, 6.45) is 3.63. The highest BCUT2D eigenvalue weighted by Gasteiger charge is 2.27. The molecule has 6 nitrogen and oxygen atoms in total. The van der Waals surface area contributed by atoms with Crippen molar-refractivity contribution in [1.82, 2.24) is 14.7 Å². The number of fused-ring (bicyclic) bond motifs is 1. The smallest absolute Gasteiger partial charge is 0.292 e. The van der Waals surface area contributed by atoms with Crippen LogP contribution in [0.2, 0.25) is 10.0 Å². The van der Waals surface area contributed by atoms with E-state index < -0.39 is 5.91 Å². The number of nitrogens with one attached hydrogen (secondary N) is 2. The standard InChI is InChI=1S/C18H14Cl2N4O2/c19-10-4-7-13(12(20)9-10)22-18(26)16-23-15(17(25)21-11-5-6-11)14-3-1-2-8-24(14)16/h1-4,7-9,11H,5-6H2,(H,21,25)(H,22,26). The van der Waals surface area contributed by atoms with Crippen LogP contribution in [-0.4, -0.2) is 27.2 Å². The zero-order valence-corrected chi connectivity index (χ0v) is 15.0. The molecule has 132 valence electrons. The topological polar surface area (TPSA) is 75.5 Å². The molecule has 2 N–H and O–H groups in total. The number of amides is 2. The predicted octanol–water partition coefficient (Wildman–Crippen LogP) is 3.79. The molecule has 1 aliphatic carbocycles. The molecule has 0 saturated heterocycles. The Balaban J connectivity index is 1.69. The fourth-order valence-corrected chi connectivity index (χ4v) is 3.07. The number of halogens is 2. The lowest BCUT2D eigenvalue weighted by Crippen LogP contribution is -2.26. The number of aromatic nitrogens is 2. The fraction of sp³-hybridized carbons (Fsp3) is 0.167. The highest BCUT2D eigenvalue weighted by molar-refractivity contribution is 6.36. The van der Waals surface area contributed by atoms with Crippen molar-refractivity contribution < 1.29 is 9.59 Å². The first kappa shape index (κ1) is 16.9. The highest BCUT2D eigenvalue weighted by atomic mass is 35.5. The molecule has 0 aliphatic heterocycles. The van der Waals surface area contributed by atoms with Gasteiger partial charge in [0.15, 0.2) is 5.69 Å². The van der Waals surface area contributed by atoms with E-state index in [-0.39, 0.29) is 23.5 Å². The van der Waals surface area contributed by atoms with E-state index in [9.17, 15) is 9.59 Å². The maximum absolute atomic E-state index is 12.7. The van der Waals surface area contributed by atoms with Gasteiger partial charge in [-0.3, -0.25) is 14.0 Å². The van der Waals surface area contributed by atoms with Gasteiger partial charge in [0.1, 0.15) is 0 Å². The van der Waals surface area contributed by atoms with E-state index in [4.69, 9.17) is 23.2 Å². The zero-order chi connectivity index (χ0) is 18.3. The van der Waals surface area contributed by atoms with E-state index in [1.165, 1.54) is 6.07 Å². The van der Waals surface area contributed by atoms with Crippen LogP contribution in [-0.2, 0) is 0 Å². The summed E-state index contributed by atoms with van der Waals surface area (Å²) >= 11 is 12.0. The van der Waals surface area contributed by atoms with Crippen molar-refractivity contribution in [2.24, 2.45) is 0 Å². The first-order valence-corrected chi connectivity index (χ1v) is 8.83. The van der Waals surface area contributed by atoms with Crippen molar-refractivity contribution in [3.05, 3.63) is 64.2 Å². The molecule has 1 fully saturated rings. The molecule has 8 heteroatoms. The molecule has 26 heavy (non-hydrogen) atoms.